The maximum atomic E-state index is 8.79. The molecular weight excluding hydrogens is 342 g/mol. The van der Waals surface area contributed by atoms with Crippen LogP contribution < -0.4 is 0 Å². The number of aliphatic hydroxyl groups excluding tert-OH is 2. The molecule has 0 aliphatic heterocycles. The van der Waals surface area contributed by atoms with Crippen LogP contribution in [0.1, 0.15) is 96.8 Å². The number of rotatable bonds is 22. The van der Waals surface area contributed by atoms with Crippen molar-refractivity contribution in [3.63, 3.8) is 0 Å². The van der Waals surface area contributed by atoms with Gasteiger partial charge in [-0.05, 0) is 32.1 Å². The Hall–Kier alpha value is -0.460. The van der Waals surface area contributed by atoms with Crippen LogP contribution in [-0.4, -0.2) is 48.4 Å². The van der Waals surface area contributed by atoms with Gasteiger partial charge in [-0.1, -0.05) is 82.1 Å². The Labute approximate surface area is 167 Å². The highest BCUT2D eigenvalue weighted by Gasteiger charge is 2.05. The number of hydroxylamine groups is 2. The summed E-state index contributed by atoms with van der Waals surface area (Å²) in [4.78, 5) is 10.5. The Morgan fingerprint density at radius 3 is 1.56 bits per heavy atom. The molecule has 0 aromatic carbocycles. The van der Waals surface area contributed by atoms with E-state index in [1.54, 1.807) is 0 Å². The van der Waals surface area contributed by atoms with E-state index in [4.69, 9.17) is 19.9 Å². The summed E-state index contributed by atoms with van der Waals surface area (Å²) in [5.74, 6) is 0. The van der Waals surface area contributed by atoms with Crippen LogP contribution in [0.4, 0.5) is 0 Å². The molecule has 0 rings (SSSR count). The molecule has 0 spiro atoms. The number of aliphatic hydroxyl groups is 2. The molecule has 5 nitrogen and oxygen atoms in total. The minimum absolute atomic E-state index is 0.0353. The zero-order valence-electron chi connectivity index (χ0n) is 17.7. The van der Waals surface area contributed by atoms with Gasteiger partial charge in [0.2, 0.25) is 0 Å². The maximum absolute atomic E-state index is 8.79. The molecule has 0 saturated carbocycles. The summed E-state index contributed by atoms with van der Waals surface area (Å²) < 4.78 is 0. The van der Waals surface area contributed by atoms with Crippen molar-refractivity contribution in [1.29, 1.82) is 0 Å². The summed E-state index contributed by atoms with van der Waals surface area (Å²) >= 11 is 0. The van der Waals surface area contributed by atoms with E-state index in [0.29, 0.717) is 6.54 Å². The van der Waals surface area contributed by atoms with Crippen molar-refractivity contribution >= 4 is 0 Å². The number of hydrogen-bond acceptors (Lipinski definition) is 5. The van der Waals surface area contributed by atoms with E-state index < -0.39 is 0 Å². The average molecular weight is 388 g/mol. The van der Waals surface area contributed by atoms with Gasteiger partial charge in [0.25, 0.3) is 0 Å². The average Bonchev–Trinajstić information content (AvgIpc) is 2.69. The lowest BCUT2D eigenvalue weighted by molar-refractivity contribution is -0.371. The molecule has 162 valence electrons. The third-order valence-corrected chi connectivity index (χ3v) is 4.51. The molecule has 0 aliphatic carbocycles. The molecule has 0 unspecified atom stereocenters. The molecule has 2 N–H and O–H groups in total. The lowest BCUT2D eigenvalue weighted by Crippen LogP contribution is -2.28. The predicted octanol–water partition coefficient (Wildman–Crippen LogP) is 5.17. The molecule has 0 aromatic heterocycles. The standard InChI is InChI=1S/C22H45NO4/c1-2-3-4-5-6-7-8-9-10-11-12-13-14-15-16-17-18-23(26-21-19-24)27-22-20-25/h9-10,24-25H,2-8,11-22H2,1H3. The molecule has 0 aromatic rings. The van der Waals surface area contributed by atoms with Crippen LogP contribution in [-0.2, 0) is 9.68 Å². The summed E-state index contributed by atoms with van der Waals surface area (Å²) in [5, 5.41) is 19.0. The van der Waals surface area contributed by atoms with Crippen LogP contribution in [0.25, 0.3) is 0 Å². The molecule has 0 aliphatic rings. The van der Waals surface area contributed by atoms with Crippen molar-refractivity contribution in [3.05, 3.63) is 12.2 Å². The quantitative estimate of drug-likeness (QED) is 0.152. The number of allylic oxidation sites excluding steroid dienone is 2. The van der Waals surface area contributed by atoms with Gasteiger partial charge in [-0.25, -0.2) is 0 Å². The number of nitrogens with zero attached hydrogens (tertiary/aromatic N) is 1. The van der Waals surface area contributed by atoms with Crippen LogP contribution in [0.5, 0.6) is 0 Å². The largest absolute Gasteiger partial charge is 0.394 e. The second-order valence-electron chi connectivity index (χ2n) is 7.11. The van der Waals surface area contributed by atoms with E-state index in [1.807, 2.05) is 0 Å². The normalized spacial score (nSPS) is 11.9. The maximum Gasteiger partial charge on any atom is 0.0942 e. The third-order valence-electron chi connectivity index (χ3n) is 4.51. The topological polar surface area (TPSA) is 62.2 Å². The van der Waals surface area contributed by atoms with Crippen molar-refractivity contribution in [3.8, 4) is 0 Å². The van der Waals surface area contributed by atoms with Gasteiger partial charge < -0.3 is 10.2 Å². The first-order valence-corrected chi connectivity index (χ1v) is 11.2. The van der Waals surface area contributed by atoms with E-state index in [0.717, 1.165) is 12.8 Å². The smallest absolute Gasteiger partial charge is 0.0942 e. The van der Waals surface area contributed by atoms with Gasteiger partial charge in [0.1, 0.15) is 0 Å². The predicted molar refractivity (Wildman–Crippen MR) is 112 cm³/mol. The molecule has 0 amide bonds. The minimum Gasteiger partial charge on any atom is -0.394 e. The van der Waals surface area contributed by atoms with Crippen molar-refractivity contribution in [1.82, 2.24) is 5.23 Å². The second-order valence-corrected chi connectivity index (χ2v) is 7.11. The summed E-state index contributed by atoms with van der Waals surface area (Å²) in [7, 11) is 0. The molecule has 0 radical (unpaired) electrons. The van der Waals surface area contributed by atoms with Gasteiger partial charge in [0.05, 0.1) is 33.0 Å². The SMILES string of the molecule is CCCCCCCCC=CCCCCCCCCN(OCCO)OCCO. The van der Waals surface area contributed by atoms with Crippen LogP contribution in [0.2, 0.25) is 0 Å². The zero-order valence-corrected chi connectivity index (χ0v) is 17.7. The molecular formula is C22H45NO4. The highest BCUT2D eigenvalue weighted by molar-refractivity contribution is 4.81. The molecule has 27 heavy (non-hydrogen) atoms. The lowest BCUT2D eigenvalue weighted by Gasteiger charge is -2.20. The van der Waals surface area contributed by atoms with Crippen molar-refractivity contribution in [2.24, 2.45) is 0 Å². The zero-order chi connectivity index (χ0) is 19.8. The molecule has 0 heterocycles. The van der Waals surface area contributed by atoms with E-state index >= 15 is 0 Å². The molecule has 0 saturated heterocycles. The highest BCUT2D eigenvalue weighted by atomic mass is 16.9. The molecule has 5 heteroatoms. The minimum atomic E-state index is -0.0353. The number of unbranched alkanes of at least 4 members (excludes halogenated alkanes) is 12. The van der Waals surface area contributed by atoms with Crippen molar-refractivity contribution in [2.45, 2.75) is 96.8 Å². The van der Waals surface area contributed by atoms with Crippen LogP contribution in [0.3, 0.4) is 0 Å². The van der Waals surface area contributed by atoms with E-state index in [1.165, 1.54) is 82.3 Å². The Bertz CT molecular complexity index is 292. The summed E-state index contributed by atoms with van der Waals surface area (Å²) in [6.07, 6.45) is 22.7. The number of hydrogen-bond donors (Lipinski definition) is 2. The van der Waals surface area contributed by atoms with Gasteiger partial charge in [0, 0.05) is 0 Å². The van der Waals surface area contributed by atoms with Crippen LogP contribution in [0, 0.1) is 0 Å². The second kappa shape index (κ2) is 23.6. The van der Waals surface area contributed by atoms with Gasteiger partial charge in [0.15, 0.2) is 0 Å². The Kier molecular flexibility index (Phi) is 23.2. The first-order chi connectivity index (χ1) is 13.3. The molecule has 0 fully saturated rings. The van der Waals surface area contributed by atoms with Gasteiger partial charge in [-0.3, -0.25) is 9.68 Å². The van der Waals surface area contributed by atoms with Crippen LogP contribution in [0.15, 0.2) is 12.2 Å². The lowest BCUT2D eigenvalue weighted by atomic mass is 10.1. The molecule has 0 atom stereocenters. The fourth-order valence-electron chi connectivity index (χ4n) is 2.94. The van der Waals surface area contributed by atoms with Gasteiger partial charge in [-0.2, -0.15) is 0 Å². The monoisotopic (exact) mass is 387 g/mol. The summed E-state index contributed by atoms with van der Waals surface area (Å²) in [6, 6.07) is 0. The highest BCUT2D eigenvalue weighted by Crippen LogP contribution is 2.10. The fraction of sp³-hybridized carbons (Fsp3) is 0.909. The van der Waals surface area contributed by atoms with E-state index in [2.05, 4.69) is 19.1 Å². The third kappa shape index (κ3) is 21.7. The van der Waals surface area contributed by atoms with Crippen molar-refractivity contribution in [2.75, 3.05) is 33.0 Å². The van der Waals surface area contributed by atoms with Crippen LogP contribution >= 0.6 is 0 Å². The van der Waals surface area contributed by atoms with Gasteiger partial charge in [-0.15, -0.1) is 0 Å². The summed E-state index contributed by atoms with van der Waals surface area (Å²) in [5.41, 5.74) is 0. The Balaban J connectivity index is 3.34. The van der Waals surface area contributed by atoms with Crippen molar-refractivity contribution < 1.29 is 19.9 Å². The first-order valence-electron chi connectivity index (χ1n) is 11.2. The van der Waals surface area contributed by atoms with E-state index in [9.17, 15) is 0 Å². The summed E-state index contributed by atoms with van der Waals surface area (Å²) in [6.45, 7) is 3.30. The Morgan fingerprint density at radius 1 is 0.630 bits per heavy atom. The fourth-order valence-corrected chi connectivity index (χ4v) is 2.94. The van der Waals surface area contributed by atoms with Gasteiger partial charge >= 0.3 is 0 Å². The Morgan fingerprint density at radius 2 is 1.07 bits per heavy atom. The first kappa shape index (κ1) is 26.5. The van der Waals surface area contributed by atoms with E-state index in [-0.39, 0.29) is 26.4 Å². The molecule has 0 bridgehead atoms.